The number of aliphatic hydroxyl groups is 1. The highest BCUT2D eigenvalue weighted by Gasteiger charge is 2.46. The molecule has 1 fully saturated rings. The number of aliphatic carboxylic acids is 1. The number of hydrogen-bond acceptors (Lipinski definition) is 3. The number of benzene rings is 1. The maximum Gasteiger partial charge on any atom is 0.337 e. The van der Waals surface area contributed by atoms with Crippen LogP contribution in [0.5, 0.6) is 0 Å². The van der Waals surface area contributed by atoms with Gasteiger partial charge in [-0.1, -0.05) is 0 Å². The zero-order valence-electron chi connectivity index (χ0n) is 11.3. The molecule has 114 valence electrons. The van der Waals surface area contributed by atoms with Crippen LogP contribution in [0.4, 0.5) is 8.78 Å². The molecule has 1 aliphatic rings. The quantitative estimate of drug-likeness (QED) is 0.757. The molecule has 3 N–H and O–H groups in total. The van der Waals surface area contributed by atoms with Crippen LogP contribution < -0.4 is 5.32 Å². The van der Waals surface area contributed by atoms with Gasteiger partial charge in [0, 0.05) is 5.92 Å². The zero-order valence-corrected chi connectivity index (χ0v) is 11.3. The molecule has 0 bridgehead atoms. The third kappa shape index (κ3) is 3.36. The van der Waals surface area contributed by atoms with E-state index in [0.717, 1.165) is 25.1 Å². The summed E-state index contributed by atoms with van der Waals surface area (Å²) in [5, 5.41) is 20.5. The first-order valence-electron chi connectivity index (χ1n) is 6.41. The van der Waals surface area contributed by atoms with Crippen LogP contribution in [-0.2, 0) is 9.59 Å². The Balaban J connectivity index is 1.95. The summed E-state index contributed by atoms with van der Waals surface area (Å²) in [7, 11) is 0. The number of carboxylic acid groups (broad SMARTS) is 1. The molecular formula is C14H15F2NO4. The molecule has 1 aromatic rings. The average Bonchev–Trinajstić information content (AvgIpc) is 3.19. The van der Waals surface area contributed by atoms with Crippen molar-refractivity contribution in [2.24, 2.45) is 5.92 Å². The van der Waals surface area contributed by atoms with Crippen LogP contribution in [0.2, 0.25) is 0 Å². The summed E-state index contributed by atoms with van der Waals surface area (Å²) in [6, 6.07) is 3.06. The van der Waals surface area contributed by atoms with Gasteiger partial charge in [-0.3, -0.25) is 4.79 Å². The van der Waals surface area contributed by atoms with Gasteiger partial charge in [0.1, 0.15) is 11.6 Å². The third-order valence-electron chi connectivity index (χ3n) is 3.55. The van der Waals surface area contributed by atoms with Crippen LogP contribution in [0.1, 0.15) is 24.8 Å². The molecule has 0 radical (unpaired) electrons. The van der Waals surface area contributed by atoms with E-state index in [2.05, 4.69) is 5.32 Å². The monoisotopic (exact) mass is 299 g/mol. The lowest BCUT2D eigenvalue weighted by Crippen LogP contribution is -2.47. The second-order valence-corrected chi connectivity index (χ2v) is 5.41. The van der Waals surface area contributed by atoms with Gasteiger partial charge in [0.05, 0.1) is 6.54 Å². The van der Waals surface area contributed by atoms with Gasteiger partial charge in [0.15, 0.2) is 5.60 Å². The summed E-state index contributed by atoms with van der Waals surface area (Å²) in [4.78, 5) is 22.5. The summed E-state index contributed by atoms with van der Waals surface area (Å²) in [6.07, 6.45) is 0.363. The number of carbonyl (C=O) groups is 2. The normalized spacial score (nSPS) is 23.2. The van der Waals surface area contributed by atoms with Crippen LogP contribution in [0.25, 0.3) is 0 Å². The van der Waals surface area contributed by atoms with Crippen LogP contribution in [0, 0.1) is 17.6 Å². The fourth-order valence-electron chi connectivity index (χ4n) is 2.09. The van der Waals surface area contributed by atoms with Crippen molar-refractivity contribution < 1.29 is 28.6 Å². The molecule has 0 spiro atoms. The predicted molar refractivity (Wildman–Crippen MR) is 68.5 cm³/mol. The van der Waals surface area contributed by atoms with E-state index in [-0.39, 0.29) is 5.56 Å². The summed E-state index contributed by atoms with van der Waals surface area (Å²) in [6.45, 7) is 0.613. The fourth-order valence-corrected chi connectivity index (χ4v) is 2.09. The lowest BCUT2D eigenvalue weighted by atomic mass is 10.1. The topological polar surface area (TPSA) is 86.6 Å². The SMILES string of the molecule is CC(O)(CNC(=O)C1CC1c1cc(F)ccc1F)C(=O)O. The minimum atomic E-state index is -2.07. The largest absolute Gasteiger partial charge is 0.479 e. The molecule has 3 atom stereocenters. The fraction of sp³-hybridized carbons (Fsp3) is 0.429. The van der Waals surface area contributed by atoms with Gasteiger partial charge in [-0.25, -0.2) is 13.6 Å². The maximum atomic E-state index is 13.6. The first kappa shape index (κ1) is 15.4. The number of carboxylic acids is 1. The smallest absolute Gasteiger partial charge is 0.337 e. The van der Waals surface area contributed by atoms with Crippen molar-refractivity contribution in [1.29, 1.82) is 0 Å². The first-order valence-corrected chi connectivity index (χ1v) is 6.41. The molecule has 1 aliphatic carbocycles. The van der Waals surface area contributed by atoms with Gasteiger partial charge in [0.25, 0.3) is 0 Å². The van der Waals surface area contributed by atoms with Gasteiger partial charge in [0.2, 0.25) is 5.91 Å². The lowest BCUT2D eigenvalue weighted by Gasteiger charge is -2.18. The molecule has 7 heteroatoms. The second kappa shape index (κ2) is 5.40. The number of hydrogen-bond donors (Lipinski definition) is 3. The van der Waals surface area contributed by atoms with Gasteiger partial charge in [-0.2, -0.15) is 0 Å². The van der Waals surface area contributed by atoms with Crippen molar-refractivity contribution in [2.75, 3.05) is 6.54 Å². The van der Waals surface area contributed by atoms with Crippen molar-refractivity contribution in [3.05, 3.63) is 35.4 Å². The molecule has 5 nitrogen and oxygen atoms in total. The van der Waals surface area contributed by atoms with Crippen molar-refractivity contribution in [3.8, 4) is 0 Å². The second-order valence-electron chi connectivity index (χ2n) is 5.41. The highest BCUT2D eigenvalue weighted by molar-refractivity contribution is 5.84. The molecule has 0 saturated heterocycles. The van der Waals surface area contributed by atoms with E-state index in [0.29, 0.717) is 6.42 Å². The van der Waals surface area contributed by atoms with E-state index in [1.807, 2.05) is 0 Å². The average molecular weight is 299 g/mol. The third-order valence-corrected chi connectivity index (χ3v) is 3.55. The molecule has 1 amide bonds. The van der Waals surface area contributed by atoms with E-state index in [9.17, 15) is 23.5 Å². The Hall–Kier alpha value is -2.02. The van der Waals surface area contributed by atoms with E-state index in [1.165, 1.54) is 0 Å². The van der Waals surface area contributed by atoms with Crippen molar-refractivity contribution in [3.63, 3.8) is 0 Å². The lowest BCUT2D eigenvalue weighted by molar-refractivity contribution is -0.156. The summed E-state index contributed by atoms with van der Waals surface area (Å²) < 4.78 is 26.7. The van der Waals surface area contributed by atoms with E-state index in [4.69, 9.17) is 5.11 Å². The number of rotatable bonds is 5. The zero-order chi connectivity index (χ0) is 15.8. The number of halogens is 2. The number of amides is 1. The van der Waals surface area contributed by atoms with Gasteiger partial charge < -0.3 is 15.5 Å². The van der Waals surface area contributed by atoms with Gasteiger partial charge in [-0.05, 0) is 43.0 Å². The molecule has 0 heterocycles. The Bertz CT molecular complexity index is 588. The Morgan fingerprint density at radius 3 is 2.71 bits per heavy atom. The standard InChI is InChI=1S/C14H15F2NO4/c1-14(21,13(19)20)6-17-12(18)10-5-8(10)9-4-7(15)2-3-11(9)16/h2-4,8,10,21H,5-6H2,1H3,(H,17,18)(H,19,20). The van der Waals surface area contributed by atoms with E-state index < -0.39 is 47.5 Å². The Kier molecular flexibility index (Phi) is 3.95. The predicted octanol–water partition coefficient (Wildman–Crippen LogP) is 1.02. The first-order chi connectivity index (χ1) is 9.72. The highest BCUT2D eigenvalue weighted by Crippen LogP contribution is 2.48. The van der Waals surface area contributed by atoms with Crippen LogP contribution in [-0.4, -0.2) is 34.2 Å². The minimum absolute atomic E-state index is 0.139. The Morgan fingerprint density at radius 1 is 1.43 bits per heavy atom. The summed E-state index contributed by atoms with van der Waals surface area (Å²) >= 11 is 0. The van der Waals surface area contributed by atoms with Crippen molar-refractivity contribution in [1.82, 2.24) is 5.32 Å². The minimum Gasteiger partial charge on any atom is -0.479 e. The molecule has 1 aromatic carbocycles. The molecule has 1 saturated carbocycles. The molecule has 0 aromatic heterocycles. The van der Waals surface area contributed by atoms with Crippen LogP contribution >= 0.6 is 0 Å². The Morgan fingerprint density at radius 2 is 2.10 bits per heavy atom. The molecule has 21 heavy (non-hydrogen) atoms. The van der Waals surface area contributed by atoms with E-state index in [1.54, 1.807) is 0 Å². The number of nitrogens with one attached hydrogen (secondary N) is 1. The van der Waals surface area contributed by atoms with Gasteiger partial charge >= 0.3 is 5.97 Å². The molecule has 3 unspecified atom stereocenters. The Labute approximate surface area is 119 Å². The van der Waals surface area contributed by atoms with Crippen molar-refractivity contribution in [2.45, 2.75) is 24.9 Å². The van der Waals surface area contributed by atoms with Gasteiger partial charge in [-0.15, -0.1) is 0 Å². The van der Waals surface area contributed by atoms with Crippen LogP contribution in [0.3, 0.4) is 0 Å². The maximum absolute atomic E-state index is 13.6. The summed E-state index contributed by atoms with van der Waals surface area (Å²) in [5.74, 6) is -4.04. The molecular weight excluding hydrogens is 284 g/mol. The number of carbonyl (C=O) groups excluding carboxylic acids is 1. The molecule has 0 aliphatic heterocycles. The molecule has 2 rings (SSSR count). The van der Waals surface area contributed by atoms with Crippen molar-refractivity contribution >= 4 is 11.9 Å². The van der Waals surface area contributed by atoms with E-state index >= 15 is 0 Å². The van der Waals surface area contributed by atoms with Crippen LogP contribution in [0.15, 0.2) is 18.2 Å². The highest BCUT2D eigenvalue weighted by atomic mass is 19.1. The summed E-state index contributed by atoms with van der Waals surface area (Å²) in [5.41, 5.74) is -1.93.